The van der Waals surface area contributed by atoms with Crippen molar-refractivity contribution in [1.82, 2.24) is 0 Å². The number of rotatable bonds is 3. The minimum absolute atomic E-state index is 0.0579. The molecular weight excluding hydrogens is 166 g/mol. The molecular formula is C10H17NO2. The van der Waals surface area contributed by atoms with Crippen LogP contribution in [0, 0.1) is 17.3 Å². The second-order valence-electron chi connectivity index (χ2n) is 4.78. The van der Waals surface area contributed by atoms with Crippen LogP contribution in [0.15, 0.2) is 0 Å². The predicted octanol–water partition coefficient (Wildman–Crippen LogP) is 1.23. The molecule has 13 heavy (non-hydrogen) atoms. The van der Waals surface area contributed by atoms with E-state index in [0.717, 1.165) is 24.7 Å². The van der Waals surface area contributed by atoms with Gasteiger partial charge in [-0.25, -0.2) is 0 Å². The molecule has 2 aliphatic rings. The van der Waals surface area contributed by atoms with Gasteiger partial charge in [0.25, 0.3) is 0 Å². The number of hydrogen-bond donors (Lipinski definition) is 2. The fraction of sp³-hybridized carbons (Fsp3) is 0.900. The van der Waals surface area contributed by atoms with Crippen molar-refractivity contribution in [2.75, 3.05) is 6.54 Å². The molecule has 0 aliphatic heterocycles. The third-order valence-corrected chi connectivity index (χ3v) is 3.92. The molecule has 2 rings (SSSR count). The summed E-state index contributed by atoms with van der Waals surface area (Å²) in [5, 5.41) is 8.81. The quantitative estimate of drug-likeness (QED) is 0.691. The first-order valence-corrected chi connectivity index (χ1v) is 5.07. The first-order valence-electron chi connectivity index (χ1n) is 5.07. The third kappa shape index (κ3) is 1.46. The van der Waals surface area contributed by atoms with E-state index in [1.54, 1.807) is 0 Å². The molecule has 0 amide bonds. The Morgan fingerprint density at radius 1 is 1.38 bits per heavy atom. The summed E-state index contributed by atoms with van der Waals surface area (Å²) in [6.07, 6.45) is 4.98. The van der Waals surface area contributed by atoms with Gasteiger partial charge in [-0.2, -0.15) is 0 Å². The Morgan fingerprint density at radius 2 is 1.92 bits per heavy atom. The van der Waals surface area contributed by atoms with Gasteiger partial charge < -0.3 is 10.8 Å². The Bertz CT molecular complexity index is 215. The molecule has 3 heteroatoms. The van der Waals surface area contributed by atoms with E-state index in [9.17, 15) is 4.79 Å². The van der Waals surface area contributed by atoms with Crippen LogP contribution >= 0.6 is 0 Å². The van der Waals surface area contributed by atoms with E-state index in [4.69, 9.17) is 10.8 Å². The van der Waals surface area contributed by atoms with E-state index in [0.29, 0.717) is 6.54 Å². The number of hydrogen-bond acceptors (Lipinski definition) is 2. The number of carbonyl (C=O) groups is 1. The van der Waals surface area contributed by atoms with Gasteiger partial charge in [-0.1, -0.05) is 0 Å². The van der Waals surface area contributed by atoms with E-state index in [-0.39, 0.29) is 11.8 Å². The molecule has 0 aromatic carbocycles. The molecule has 0 spiro atoms. The standard InChI is InChI=1S/C10H17NO2/c11-6-10(5-9(12)13)3-7-1-2-8(7)4-10/h7-8H,1-6,11H2,(H,12,13)/t7-,8+,10?. The summed E-state index contributed by atoms with van der Waals surface area (Å²) in [7, 11) is 0. The first kappa shape index (κ1) is 9.00. The van der Waals surface area contributed by atoms with Gasteiger partial charge >= 0.3 is 5.97 Å². The highest BCUT2D eigenvalue weighted by Gasteiger charge is 2.49. The summed E-state index contributed by atoms with van der Waals surface area (Å²) in [5.74, 6) is 0.901. The Balaban J connectivity index is 2.03. The fourth-order valence-corrected chi connectivity index (χ4v) is 3.08. The van der Waals surface area contributed by atoms with Crippen LogP contribution in [0.1, 0.15) is 32.1 Å². The maximum absolute atomic E-state index is 10.7. The molecule has 1 unspecified atom stereocenters. The van der Waals surface area contributed by atoms with Crippen LogP contribution in [-0.2, 0) is 4.79 Å². The monoisotopic (exact) mass is 183 g/mol. The van der Waals surface area contributed by atoms with Gasteiger partial charge in [-0.15, -0.1) is 0 Å². The minimum atomic E-state index is -0.688. The van der Waals surface area contributed by atoms with E-state index >= 15 is 0 Å². The van der Waals surface area contributed by atoms with Crippen LogP contribution in [0.25, 0.3) is 0 Å². The summed E-state index contributed by atoms with van der Waals surface area (Å²) < 4.78 is 0. The van der Waals surface area contributed by atoms with Crippen molar-refractivity contribution in [1.29, 1.82) is 0 Å². The number of nitrogens with two attached hydrogens (primary N) is 1. The number of aliphatic carboxylic acids is 1. The van der Waals surface area contributed by atoms with Crippen LogP contribution in [-0.4, -0.2) is 17.6 Å². The van der Waals surface area contributed by atoms with Gasteiger partial charge in [0.05, 0.1) is 6.42 Å². The zero-order valence-corrected chi connectivity index (χ0v) is 7.83. The van der Waals surface area contributed by atoms with Gasteiger partial charge in [-0.05, 0) is 49.5 Å². The average Bonchev–Trinajstić information content (AvgIpc) is 2.28. The van der Waals surface area contributed by atoms with Crippen molar-refractivity contribution in [3.63, 3.8) is 0 Å². The highest BCUT2D eigenvalue weighted by atomic mass is 16.4. The smallest absolute Gasteiger partial charge is 0.303 e. The largest absolute Gasteiger partial charge is 0.481 e. The summed E-state index contributed by atoms with van der Waals surface area (Å²) in [6.45, 7) is 0.548. The molecule has 0 radical (unpaired) electrons. The average molecular weight is 183 g/mol. The second-order valence-corrected chi connectivity index (χ2v) is 4.78. The molecule has 74 valence electrons. The van der Waals surface area contributed by atoms with Gasteiger partial charge in [0.2, 0.25) is 0 Å². The van der Waals surface area contributed by atoms with E-state index in [1.807, 2.05) is 0 Å². The second kappa shape index (κ2) is 2.98. The van der Waals surface area contributed by atoms with Gasteiger partial charge in [0.15, 0.2) is 0 Å². The van der Waals surface area contributed by atoms with Crippen LogP contribution in [0.2, 0.25) is 0 Å². The highest BCUT2D eigenvalue weighted by molar-refractivity contribution is 5.67. The lowest BCUT2D eigenvalue weighted by molar-refractivity contribution is -0.139. The van der Waals surface area contributed by atoms with Crippen molar-refractivity contribution in [2.45, 2.75) is 32.1 Å². The van der Waals surface area contributed by atoms with E-state index < -0.39 is 5.97 Å². The molecule has 0 aromatic heterocycles. The first-order chi connectivity index (χ1) is 6.15. The zero-order chi connectivity index (χ0) is 9.47. The number of carboxylic acid groups (broad SMARTS) is 1. The van der Waals surface area contributed by atoms with Gasteiger partial charge in [0.1, 0.15) is 0 Å². The normalized spacial score (nSPS) is 42.5. The summed E-state index contributed by atoms with van der Waals surface area (Å²) >= 11 is 0. The Morgan fingerprint density at radius 3 is 2.23 bits per heavy atom. The molecule has 3 nitrogen and oxygen atoms in total. The van der Waals surface area contributed by atoms with Gasteiger partial charge in [0, 0.05) is 0 Å². The Kier molecular flexibility index (Phi) is 2.06. The van der Waals surface area contributed by atoms with Crippen LogP contribution in [0.4, 0.5) is 0 Å². The number of carboxylic acids is 1. The summed E-state index contributed by atoms with van der Waals surface area (Å²) in [4.78, 5) is 10.7. The molecule has 2 saturated carbocycles. The molecule has 0 heterocycles. The SMILES string of the molecule is NCC1(CC(=O)O)C[C@H]2CC[C@H]2C1. The Hall–Kier alpha value is -0.570. The molecule has 0 aromatic rings. The van der Waals surface area contributed by atoms with Crippen LogP contribution < -0.4 is 5.73 Å². The predicted molar refractivity (Wildman–Crippen MR) is 49.2 cm³/mol. The molecule has 0 bridgehead atoms. The molecule has 3 N–H and O–H groups in total. The van der Waals surface area contributed by atoms with Crippen molar-refractivity contribution < 1.29 is 9.90 Å². The van der Waals surface area contributed by atoms with Crippen molar-refractivity contribution in [3.05, 3.63) is 0 Å². The number of fused-ring (bicyclic) bond motifs is 1. The fourth-order valence-electron chi connectivity index (χ4n) is 3.08. The van der Waals surface area contributed by atoms with Crippen molar-refractivity contribution in [2.24, 2.45) is 23.0 Å². The third-order valence-electron chi connectivity index (χ3n) is 3.92. The Labute approximate surface area is 78.3 Å². The lowest BCUT2D eigenvalue weighted by atomic mass is 9.77. The topological polar surface area (TPSA) is 63.3 Å². The molecule has 3 atom stereocenters. The van der Waals surface area contributed by atoms with Crippen molar-refractivity contribution in [3.8, 4) is 0 Å². The minimum Gasteiger partial charge on any atom is -0.481 e. The lowest BCUT2D eigenvalue weighted by Crippen LogP contribution is -2.30. The highest BCUT2D eigenvalue weighted by Crippen LogP contribution is 2.56. The van der Waals surface area contributed by atoms with Crippen molar-refractivity contribution >= 4 is 5.97 Å². The van der Waals surface area contributed by atoms with Crippen LogP contribution in [0.3, 0.4) is 0 Å². The summed E-state index contributed by atoms with van der Waals surface area (Å²) in [5.41, 5.74) is 5.65. The van der Waals surface area contributed by atoms with E-state index in [2.05, 4.69) is 0 Å². The molecule has 2 fully saturated rings. The molecule has 2 aliphatic carbocycles. The van der Waals surface area contributed by atoms with Crippen LogP contribution in [0.5, 0.6) is 0 Å². The summed E-state index contributed by atoms with van der Waals surface area (Å²) in [6, 6.07) is 0. The maximum atomic E-state index is 10.7. The van der Waals surface area contributed by atoms with E-state index in [1.165, 1.54) is 12.8 Å². The lowest BCUT2D eigenvalue weighted by Gasteiger charge is -2.29. The maximum Gasteiger partial charge on any atom is 0.303 e. The zero-order valence-electron chi connectivity index (χ0n) is 7.83. The molecule has 0 saturated heterocycles. The van der Waals surface area contributed by atoms with Gasteiger partial charge in [-0.3, -0.25) is 4.79 Å².